The Balaban J connectivity index is 2.06. The fraction of sp³-hybridized carbons (Fsp3) is 0.200. The van der Waals surface area contributed by atoms with Crippen LogP contribution in [0.2, 0.25) is 0 Å². The van der Waals surface area contributed by atoms with E-state index in [9.17, 15) is 0 Å². The van der Waals surface area contributed by atoms with Crippen molar-refractivity contribution in [3.63, 3.8) is 0 Å². The molecule has 0 aliphatic rings. The van der Waals surface area contributed by atoms with Crippen LogP contribution in [0.15, 0.2) is 29.9 Å². The molecule has 0 aromatic carbocycles. The van der Waals surface area contributed by atoms with E-state index in [-0.39, 0.29) is 6.04 Å². The van der Waals surface area contributed by atoms with Gasteiger partial charge < -0.3 is 11.1 Å². The fourth-order valence-electron chi connectivity index (χ4n) is 1.25. The zero-order valence-corrected chi connectivity index (χ0v) is 9.16. The minimum atomic E-state index is 0.190. The Bertz CT molecular complexity index is 409. The van der Waals surface area contributed by atoms with Crippen molar-refractivity contribution in [2.75, 3.05) is 11.1 Å². The quantitative estimate of drug-likeness (QED) is 0.833. The Labute approximate surface area is 92.2 Å². The van der Waals surface area contributed by atoms with E-state index in [2.05, 4.69) is 22.2 Å². The predicted octanol–water partition coefficient (Wildman–Crippen LogP) is 2.29. The van der Waals surface area contributed by atoms with Crippen LogP contribution in [-0.4, -0.2) is 9.97 Å². The van der Waals surface area contributed by atoms with Gasteiger partial charge in [0.15, 0.2) is 0 Å². The van der Waals surface area contributed by atoms with Gasteiger partial charge in [0.1, 0.15) is 10.8 Å². The van der Waals surface area contributed by atoms with E-state index in [0.717, 1.165) is 10.7 Å². The number of aromatic nitrogens is 2. The highest BCUT2D eigenvalue weighted by Crippen LogP contribution is 2.20. The third-order valence-corrected chi connectivity index (χ3v) is 2.95. The van der Waals surface area contributed by atoms with Gasteiger partial charge in [-0.2, -0.15) is 0 Å². The topological polar surface area (TPSA) is 63.8 Å². The minimum Gasteiger partial charge on any atom is -0.384 e. The first-order chi connectivity index (χ1) is 7.25. The largest absolute Gasteiger partial charge is 0.384 e. The second kappa shape index (κ2) is 4.27. The molecule has 2 aromatic rings. The van der Waals surface area contributed by atoms with E-state index >= 15 is 0 Å². The minimum absolute atomic E-state index is 0.190. The third kappa shape index (κ3) is 2.44. The molecule has 0 radical (unpaired) electrons. The molecule has 3 N–H and O–H groups in total. The van der Waals surface area contributed by atoms with Gasteiger partial charge in [0.25, 0.3) is 0 Å². The molecule has 0 aliphatic heterocycles. The molecule has 0 amide bonds. The molecule has 2 heterocycles. The fourth-order valence-corrected chi connectivity index (χ4v) is 1.90. The maximum Gasteiger partial charge on any atom is 0.123 e. The molecule has 0 saturated heterocycles. The average molecular weight is 220 g/mol. The van der Waals surface area contributed by atoms with Gasteiger partial charge in [0.2, 0.25) is 0 Å². The zero-order valence-electron chi connectivity index (χ0n) is 8.34. The zero-order chi connectivity index (χ0) is 10.7. The number of pyridine rings is 1. The van der Waals surface area contributed by atoms with Crippen LogP contribution in [-0.2, 0) is 0 Å². The second-order valence-corrected chi connectivity index (χ2v) is 4.13. The summed E-state index contributed by atoms with van der Waals surface area (Å²) in [6, 6.07) is 3.87. The first-order valence-electron chi connectivity index (χ1n) is 4.63. The van der Waals surface area contributed by atoms with Gasteiger partial charge in [0, 0.05) is 11.6 Å². The van der Waals surface area contributed by atoms with E-state index in [1.807, 2.05) is 11.4 Å². The molecule has 0 bridgehead atoms. The molecule has 0 saturated carbocycles. The summed E-state index contributed by atoms with van der Waals surface area (Å²) in [5.74, 6) is 0.530. The summed E-state index contributed by atoms with van der Waals surface area (Å²) >= 11 is 1.63. The average Bonchev–Trinajstić information content (AvgIpc) is 2.74. The van der Waals surface area contributed by atoms with Crippen molar-refractivity contribution in [1.29, 1.82) is 0 Å². The Morgan fingerprint density at radius 2 is 2.27 bits per heavy atom. The Morgan fingerprint density at radius 3 is 2.87 bits per heavy atom. The lowest BCUT2D eigenvalue weighted by molar-refractivity contribution is 0.868. The molecule has 15 heavy (non-hydrogen) atoms. The maximum atomic E-state index is 5.50. The van der Waals surface area contributed by atoms with E-state index in [1.165, 1.54) is 0 Å². The molecule has 4 nitrogen and oxygen atoms in total. The number of nitrogens with two attached hydrogens (primary N) is 1. The number of nitrogens with one attached hydrogen (secondary N) is 1. The number of hydrogen-bond acceptors (Lipinski definition) is 5. The van der Waals surface area contributed by atoms with Gasteiger partial charge in [-0.1, -0.05) is 0 Å². The van der Waals surface area contributed by atoms with Crippen molar-refractivity contribution in [2.24, 2.45) is 0 Å². The van der Waals surface area contributed by atoms with Gasteiger partial charge >= 0.3 is 0 Å². The van der Waals surface area contributed by atoms with Crippen LogP contribution in [0, 0.1) is 0 Å². The van der Waals surface area contributed by atoms with Gasteiger partial charge in [-0.25, -0.2) is 9.97 Å². The number of nitrogens with zero attached hydrogens (tertiary/aromatic N) is 2. The summed E-state index contributed by atoms with van der Waals surface area (Å²) in [5.41, 5.74) is 6.45. The Kier molecular flexibility index (Phi) is 2.82. The van der Waals surface area contributed by atoms with Crippen LogP contribution >= 0.6 is 11.3 Å². The molecule has 1 unspecified atom stereocenters. The van der Waals surface area contributed by atoms with E-state index in [1.54, 1.807) is 29.8 Å². The molecule has 0 spiro atoms. The standard InChI is InChI=1S/C10H12N4S/c1-7(10-12-4-5-15-10)14-8-2-3-9(11)13-6-8/h2-7,14H,1H3,(H2,11,13). The number of thiazole rings is 1. The first kappa shape index (κ1) is 9.92. The van der Waals surface area contributed by atoms with Crippen LogP contribution in [0.3, 0.4) is 0 Å². The highest BCUT2D eigenvalue weighted by molar-refractivity contribution is 7.09. The number of anilines is 2. The highest BCUT2D eigenvalue weighted by atomic mass is 32.1. The van der Waals surface area contributed by atoms with Gasteiger partial charge in [-0.05, 0) is 19.1 Å². The van der Waals surface area contributed by atoms with Crippen LogP contribution in [0.25, 0.3) is 0 Å². The first-order valence-corrected chi connectivity index (χ1v) is 5.51. The summed E-state index contributed by atoms with van der Waals surface area (Å²) in [5, 5.41) is 6.33. The van der Waals surface area contributed by atoms with Gasteiger partial charge in [-0.15, -0.1) is 11.3 Å². The van der Waals surface area contributed by atoms with Crippen molar-refractivity contribution in [3.8, 4) is 0 Å². The highest BCUT2D eigenvalue weighted by Gasteiger charge is 2.07. The van der Waals surface area contributed by atoms with Crippen molar-refractivity contribution in [2.45, 2.75) is 13.0 Å². The Morgan fingerprint density at radius 1 is 1.40 bits per heavy atom. The normalized spacial score (nSPS) is 12.3. The lowest BCUT2D eigenvalue weighted by Gasteiger charge is -2.12. The molecular weight excluding hydrogens is 208 g/mol. The summed E-state index contributed by atoms with van der Waals surface area (Å²) in [6.45, 7) is 2.06. The second-order valence-electron chi connectivity index (χ2n) is 3.21. The molecule has 1 atom stereocenters. The molecule has 0 aliphatic carbocycles. The van der Waals surface area contributed by atoms with E-state index < -0.39 is 0 Å². The molecule has 0 fully saturated rings. The molecular formula is C10H12N4S. The number of hydrogen-bond donors (Lipinski definition) is 2. The Hall–Kier alpha value is -1.62. The molecule has 78 valence electrons. The number of rotatable bonds is 3. The van der Waals surface area contributed by atoms with E-state index in [4.69, 9.17) is 5.73 Å². The van der Waals surface area contributed by atoms with Gasteiger partial charge in [0.05, 0.1) is 17.9 Å². The lowest BCUT2D eigenvalue weighted by atomic mass is 10.3. The predicted molar refractivity (Wildman–Crippen MR) is 62.8 cm³/mol. The molecule has 5 heteroatoms. The van der Waals surface area contributed by atoms with Crippen LogP contribution in [0.1, 0.15) is 18.0 Å². The summed E-state index contributed by atoms with van der Waals surface area (Å²) in [6.07, 6.45) is 3.53. The van der Waals surface area contributed by atoms with Crippen molar-refractivity contribution < 1.29 is 0 Å². The van der Waals surface area contributed by atoms with E-state index in [0.29, 0.717) is 5.82 Å². The van der Waals surface area contributed by atoms with Crippen LogP contribution < -0.4 is 11.1 Å². The van der Waals surface area contributed by atoms with Crippen molar-refractivity contribution >= 4 is 22.8 Å². The summed E-state index contributed by atoms with van der Waals surface area (Å²) < 4.78 is 0. The van der Waals surface area contributed by atoms with Crippen molar-refractivity contribution in [3.05, 3.63) is 34.9 Å². The lowest BCUT2D eigenvalue weighted by Crippen LogP contribution is -2.06. The molecule has 2 rings (SSSR count). The van der Waals surface area contributed by atoms with Crippen LogP contribution in [0.4, 0.5) is 11.5 Å². The van der Waals surface area contributed by atoms with Gasteiger partial charge in [-0.3, -0.25) is 0 Å². The van der Waals surface area contributed by atoms with Crippen molar-refractivity contribution in [1.82, 2.24) is 9.97 Å². The monoisotopic (exact) mass is 220 g/mol. The summed E-state index contributed by atoms with van der Waals surface area (Å²) in [4.78, 5) is 8.25. The molecule has 2 aromatic heterocycles. The smallest absolute Gasteiger partial charge is 0.123 e. The number of nitrogen functional groups attached to an aromatic ring is 1. The third-order valence-electron chi connectivity index (χ3n) is 1.99. The summed E-state index contributed by atoms with van der Waals surface area (Å²) in [7, 11) is 0. The maximum absolute atomic E-state index is 5.50. The van der Waals surface area contributed by atoms with Crippen LogP contribution in [0.5, 0.6) is 0 Å². The SMILES string of the molecule is CC(Nc1ccc(N)nc1)c1nccs1.